The Morgan fingerprint density at radius 3 is 2.77 bits per heavy atom. The first-order valence-electron chi connectivity index (χ1n) is 5.18. The number of aryl methyl sites for hydroxylation is 1. The van der Waals surface area contributed by atoms with E-state index in [1.807, 2.05) is 6.20 Å². The Balaban J connectivity index is 2.13. The zero-order valence-electron chi connectivity index (χ0n) is 8.24. The van der Waals surface area contributed by atoms with Crippen LogP contribution in [0.15, 0.2) is 12.4 Å². The average molecular weight is 179 g/mol. The average Bonchev–Trinajstić information content (AvgIpc) is 2.67. The number of aromatic nitrogens is 2. The quantitative estimate of drug-likeness (QED) is 0.691. The van der Waals surface area contributed by atoms with E-state index >= 15 is 0 Å². The first-order valence-corrected chi connectivity index (χ1v) is 5.18. The van der Waals surface area contributed by atoms with Crippen molar-refractivity contribution in [2.45, 2.75) is 32.7 Å². The molecule has 3 nitrogen and oxygen atoms in total. The summed E-state index contributed by atoms with van der Waals surface area (Å²) in [6.45, 7) is 5.54. The smallest absolute Gasteiger partial charge is 0.205 e. The van der Waals surface area contributed by atoms with Crippen LogP contribution in [0.5, 0.6) is 0 Å². The topological polar surface area (TPSA) is 21.1 Å². The maximum atomic E-state index is 4.40. The first kappa shape index (κ1) is 8.60. The molecule has 0 spiro atoms. The van der Waals surface area contributed by atoms with Crippen molar-refractivity contribution in [1.82, 2.24) is 9.55 Å². The predicted octanol–water partition coefficient (Wildman–Crippen LogP) is 1.89. The molecule has 0 aliphatic carbocycles. The summed E-state index contributed by atoms with van der Waals surface area (Å²) in [6.07, 6.45) is 7.97. The molecular weight excluding hydrogens is 162 g/mol. The molecule has 0 unspecified atom stereocenters. The van der Waals surface area contributed by atoms with Crippen LogP contribution in [-0.2, 0) is 6.54 Å². The molecule has 1 fully saturated rings. The van der Waals surface area contributed by atoms with E-state index in [1.165, 1.54) is 32.4 Å². The van der Waals surface area contributed by atoms with Crippen molar-refractivity contribution in [2.75, 3.05) is 18.0 Å². The highest BCUT2D eigenvalue weighted by Gasteiger charge is 2.14. The molecule has 0 aromatic carbocycles. The van der Waals surface area contributed by atoms with Crippen molar-refractivity contribution in [1.29, 1.82) is 0 Å². The summed E-state index contributed by atoms with van der Waals surface area (Å²) < 4.78 is 2.21. The number of anilines is 1. The van der Waals surface area contributed by atoms with Crippen LogP contribution in [0.2, 0.25) is 0 Å². The molecule has 0 saturated carbocycles. The van der Waals surface area contributed by atoms with Crippen LogP contribution in [0.25, 0.3) is 0 Å². The number of hydrogen-bond donors (Lipinski definition) is 0. The van der Waals surface area contributed by atoms with Gasteiger partial charge >= 0.3 is 0 Å². The van der Waals surface area contributed by atoms with E-state index < -0.39 is 0 Å². The molecule has 13 heavy (non-hydrogen) atoms. The number of imidazole rings is 1. The number of rotatable bonds is 2. The minimum Gasteiger partial charge on any atom is -0.342 e. The first-order chi connectivity index (χ1) is 6.42. The van der Waals surface area contributed by atoms with Gasteiger partial charge in [0.25, 0.3) is 0 Å². The Morgan fingerprint density at radius 2 is 2.08 bits per heavy atom. The van der Waals surface area contributed by atoms with Gasteiger partial charge in [0.2, 0.25) is 5.95 Å². The van der Waals surface area contributed by atoms with Crippen molar-refractivity contribution in [3.63, 3.8) is 0 Å². The molecule has 3 heteroatoms. The third-order valence-corrected chi connectivity index (χ3v) is 2.67. The van der Waals surface area contributed by atoms with Gasteiger partial charge < -0.3 is 9.47 Å². The fraction of sp³-hybridized carbons (Fsp3) is 0.700. The molecule has 72 valence electrons. The highest BCUT2D eigenvalue weighted by Crippen LogP contribution is 2.17. The molecule has 0 radical (unpaired) electrons. The van der Waals surface area contributed by atoms with Gasteiger partial charge in [0.05, 0.1) is 0 Å². The van der Waals surface area contributed by atoms with E-state index in [4.69, 9.17) is 0 Å². The summed E-state index contributed by atoms with van der Waals surface area (Å²) in [6, 6.07) is 0. The van der Waals surface area contributed by atoms with E-state index in [1.54, 1.807) is 0 Å². The summed E-state index contributed by atoms with van der Waals surface area (Å²) in [5.41, 5.74) is 0. The highest BCUT2D eigenvalue weighted by molar-refractivity contribution is 5.31. The molecule has 0 bridgehead atoms. The van der Waals surface area contributed by atoms with Crippen molar-refractivity contribution >= 4 is 5.95 Å². The number of nitrogens with zero attached hydrogens (tertiary/aromatic N) is 3. The third kappa shape index (κ3) is 1.69. The maximum absolute atomic E-state index is 4.40. The third-order valence-electron chi connectivity index (χ3n) is 2.67. The summed E-state index contributed by atoms with van der Waals surface area (Å²) in [5, 5.41) is 0. The van der Waals surface area contributed by atoms with Gasteiger partial charge in [-0.1, -0.05) is 0 Å². The molecule has 0 N–H and O–H groups in total. The van der Waals surface area contributed by atoms with Crippen LogP contribution in [0.1, 0.15) is 26.2 Å². The lowest BCUT2D eigenvalue weighted by atomic mass is 10.1. The molecule has 1 aromatic rings. The lowest BCUT2D eigenvalue weighted by molar-refractivity contribution is 0.556. The Labute approximate surface area is 79.4 Å². The van der Waals surface area contributed by atoms with Gasteiger partial charge in [-0.05, 0) is 26.2 Å². The second-order valence-electron chi connectivity index (χ2n) is 3.56. The second-order valence-corrected chi connectivity index (χ2v) is 3.56. The summed E-state index contributed by atoms with van der Waals surface area (Å²) in [4.78, 5) is 6.80. The van der Waals surface area contributed by atoms with Crippen LogP contribution in [0, 0.1) is 0 Å². The van der Waals surface area contributed by atoms with E-state index in [0.29, 0.717) is 0 Å². The fourth-order valence-corrected chi connectivity index (χ4v) is 1.93. The molecule has 0 amide bonds. The van der Waals surface area contributed by atoms with Gasteiger partial charge in [0, 0.05) is 32.0 Å². The molecule has 1 aliphatic rings. The summed E-state index contributed by atoms with van der Waals surface area (Å²) >= 11 is 0. The van der Waals surface area contributed by atoms with Crippen molar-refractivity contribution in [3.8, 4) is 0 Å². The summed E-state index contributed by atoms with van der Waals surface area (Å²) in [5.74, 6) is 1.15. The number of hydrogen-bond acceptors (Lipinski definition) is 2. The van der Waals surface area contributed by atoms with Gasteiger partial charge in [-0.25, -0.2) is 4.98 Å². The van der Waals surface area contributed by atoms with Gasteiger partial charge in [-0.15, -0.1) is 0 Å². The Morgan fingerprint density at radius 1 is 1.31 bits per heavy atom. The largest absolute Gasteiger partial charge is 0.342 e. The lowest BCUT2D eigenvalue weighted by Gasteiger charge is -2.27. The molecule has 2 rings (SSSR count). The number of piperidine rings is 1. The molecule has 1 aliphatic heterocycles. The van der Waals surface area contributed by atoms with Gasteiger partial charge in [-0.2, -0.15) is 0 Å². The molecule has 1 saturated heterocycles. The van der Waals surface area contributed by atoms with Crippen molar-refractivity contribution in [2.24, 2.45) is 0 Å². The van der Waals surface area contributed by atoms with Gasteiger partial charge in [-0.3, -0.25) is 0 Å². The normalized spacial score (nSPS) is 17.8. The fourth-order valence-electron chi connectivity index (χ4n) is 1.93. The summed E-state index contributed by atoms with van der Waals surface area (Å²) in [7, 11) is 0. The maximum Gasteiger partial charge on any atom is 0.205 e. The molecule has 2 heterocycles. The van der Waals surface area contributed by atoms with E-state index in [9.17, 15) is 0 Å². The van der Waals surface area contributed by atoms with Crippen molar-refractivity contribution < 1.29 is 0 Å². The predicted molar refractivity (Wildman–Crippen MR) is 54.0 cm³/mol. The zero-order chi connectivity index (χ0) is 9.10. The SMILES string of the molecule is CCn1ccnc1N1CCCCC1. The standard InChI is InChI=1S/C10H17N3/c1-2-12-9-6-11-10(12)13-7-4-3-5-8-13/h6,9H,2-5,7-8H2,1H3. The van der Waals surface area contributed by atoms with Gasteiger partial charge in [0.1, 0.15) is 0 Å². The minimum atomic E-state index is 1.02. The zero-order valence-corrected chi connectivity index (χ0v) is 8.24. The van der Waals surface area contributed by atoms with E-state index in [-0.39, 0.29) is 0 Å². The van der Waals surface area contributed by atoms with Crippen molar-refractivity contribution in [3.05, 3.63) is 12.4 Å². The molecule has 1 aromatic heterocycles. The van der Waals surface area contributed by atoms with E-state index in [2.05, 4.69) is 27.6 Å². The Hall–Kier alpha value is -0.990. The second kappa shape index (κ2) is 3.81. The molecule has 0 atom stereocenters. The molecular formula is C10H17N3. The van der Waals surface area contributed by atoms with Crippen LogP contribution >= 0.6 is 0 Å². The van der Waals surface area contributed by atoms with Crippen LogP contribution in [0.3, 0.4) is 0 Å². The lowest BCUT2D eigenvalue weighted by Crippen LogP contribution is -2.31. The van der Waals surface area contributed by atoms with Gasteiger partial charge in [0.15, 0.2) is 0 Å². The Bertz CT molecular complexity index is 261. The monoisotopic (exact) mass is 179 g/mol. The van der Waals surface area contributed by atoms with E-state index in [0.717, 1.165) is 12.5 Å². The van der Waals surface area contributed by atoms with Crippen LogP contribution < -0.4 is 4.90 Å². The highest BCUT2D eigenvalue weighted by atomic mass is 15.3. The minimum absolute atomic E-state index is 1.02. The van der Waals surface area contributed by atoms with Crippen LogP contribution in [0.4, 0.5) is 5.95 Å². The Kier molecular flexibility index (Phi) is 2.52. The van der Waals surface area contributed by atoms with Crippen LogP contribution in [-0.4, -0.2) is 22.6 Å².